The van der Waals surface area contributed by atoms with Gasteiger partial charge in [0.25, 0.3) is 0 Å². The minimum atomic E-state index is 0.616. The Balaban J connectivity index is 1.97. The van der Waals surface area contributed by atoms with Crippen LogP contribution >= 0.6 is 0 Å². The lowest BCUT2D eigenvalue weighted by molar-refractivity contribution is 0.147. The van der Waals surface area contributed by atoms with Gasteiger partial charge in [-0.25, -0.2) is 0 Å². The van der Waals surface area contributed by atoms with Crippen LogP contribution in [0.4, 0.5) is 0 Å². The van der Waals surface area contributed by atoms with Crippen LogP contribution in [-0.4, -0.2) is 18.0 Å². The van der Waals surface area contributed by atoms with Gasteiger partial charge in [-0.05, 0) is 36.4 Å². The Labute approximate surface area is 104 Å². The number of benzene rings is 1. The summed E-state index contributed by atoms with van der Waals surface area (Å²) in [6.07, 6.45) is 3.41. The van der Waals surface area contributed by atoms with Crippen molar-refractivity contribution >= 4 is 0 Å². The van der Waals surface area contributed by atoms with Gasteiger partial charge in [0, 0.05) is 13.1 Å². The molecule has 1 aromatic rings. The smallest absolute Gasteiger partial charge is 0.0233 e. The molecule has 0 bridgehead atoms. The van der Waals surface area contributed by atoms with Crippen molar-refractivity contribution in [1.29, 1.82) is 0 Å². The van der Waals surface area contributed by atoms with Gasteiger partial charge in [0.05, 0.1) is 0 Å². The van der Waals surface area contributed by atoms with E-state index < -0.39 is 0 Å². The molecule has 0 amide bonds. The Morgan fingerprint density at radius 1 is 1.41 bits per heavy atom. The van der Waals surface area contributed by atoms with E-state index in [4.69, 9.17) is 0 Å². The van der Waals surface area contributed by atoms with E-state index in [2.05, 4.69) is 60.5 Å². The normalized spacial score (nSPS) is 25.2. The first-order valence-electron chi connectivity index (χ1n) is 6.42. The molecule has 2 unspecified atom stereocenters. The fraction of sp³-hybridized carbons (Fsp3) is 0.438. The molecule has 2 atom stereocenters. The maximum absolute atomic E-state index is 3.70. The monoisotopic (exact) mass is 227 g/mol. The quantitative estimate of drug-likeness (QED) is 0.715. The van der Waals surface area contributed by atoms with E-state index >= 15 is 0 Å². The molecule has 1 aliphatic rings. The molecule has 1 nitrogen and oxygen atoms in total. The fourth-order valence-corrected chi connectivity index (χ4v) is 2.52. The summed E-state index contributed by atoms with van der Waals surface area (Å²) in [6, 6.07) is 10.7. The molecule has 2 rings (SSSR count). The van der Waals surface area contributed by atoms with Crippen LogP contribution in [-0.2, 0) is 6.54 Å². The van der Waals surface area contributed by atoms with E-state index in [0.29, 0.717) is 5.92 Å². The second-order valence-corrected chi connectivity index (χ2v) is 5.02. The highest BCUT2D eigenvalue weighted by Crippen LogP contribution is 2.25. The SMILES string of the molecule is C=C=CC1CN(Cc2ccccc2)CCC1C. The topological polar surface area (TPSA) is 3.24 Å². The van der Waals surface area contributed by atoms with Crippen LogP contribution < -0.4 is 0 Å². The number of hydrogen-bond acceptors (Lipinski definition) is 1. The minimum Gasteiger partial charge on any atom is -0.298 e. The van der Waals surface area contributed by atoms with Gasteiger partial charge in [-0.15, -0.1) is 5.73 Å². The first kappa shape index (κ1) is 12.2. The zero-order chi connectivity index (χ0) is 12.1. The maximum atomic E-state index is 3.70. The fourth-order valence-electron chi connectivity index (χ4n) is 2.52. The highest BCUT2D eigenvalue weighted by molar-refractivity contribution is 5.14. The van der Waals surface area contributed by atoms with Crippen LogP contribution in [0.2, 0.25) is 0 Å². The number of nitrogens with zero attached hydrogens (tertiary/aromatic N) is 1. The number of likely N-dealkylation sites (tertiary alicyclic amines) is 1. The highest BCUT2D eigenvalue weighted by Gasteiger charge is 2.23. The summed E-state index contributed by atoms with van der Waals surface area (Å²) in [4.78, 5) is 2.54. The Morgan fingerprint density at radius 3 is 2.88 bits per heavy atom. The van der Waals surface area contributed by atoms with E-state index in [1.165, 1.54) is 18.5 Å². The van der Waals surface area contributed by atoms with Crippen LogP contribution in [0.5, 0.6) is 0 Å². The van der Waals surface area contributed by atoms with Gasteiger partial charge in [-0.3, -0.25) is 4.90 Å². The predicted molar refractivity (Wildman–Crippen MR) is 72.7 cm³/mol. The van der Waals surface area contributed by atoms with Crippen molar-refractivity contribution in [2.75, 3.05) is 13.1 Å². The van der Waals surface area contributed by atoms with Gasteiger partial charge in [0.2, 0.25) is 0 Å². The molecular formula is C16H21N. The van der Waals surface area contributed by atoms with Gasteiger partial charge in [0.1, 0.15) is 0 Å². The maximum Gasteiger partial charge on any atom is 0.0233 e. The van der Waals surface area contributed by atoms with E-state index in [-0.39, 0.29) is 0 Å². The minimum absolute atomic E-state index is 0.616. The van der Waals surface area contributed by atoms with Crippen molar-refractivity contribution < 1.29 is 0 Å². The summed E-state index contributed by atoms with van der Waals surface area (Å²) in [6.45, 7) is 9.44. The van der Waals surface area contributed by atoms with Crippen LogP contribution in [0, 0.1) is 11.8 Å². The second-order valence-electron chi connectivity index (χ2n) is 5.02. The standard InChI is InChI=1S/C16H21N/c1-3-7-16-13-17(11-10-14(16)2)12-15-8-5-4-6-9-15/h4-9,14,16H,1,10-13H2,2H3. The molecule has 0 aromatic heterocycles. The molecule has 1 heterocycles. The number of piperidine rings is 1. The molecule has 0 radical (unpaired) electrons. The molecule has 1 fully saturated rings. The third-order valence-corrected chi connectivity index (χ3v) is 3.68. The first-order chi connectivity index (χ1) is 8.29. The highest BCUT2D eigenvalue weighted by atomic mass is 15.1. The van der Waals surface area contributed by atoms with Crippen LogP contribution in [0.25, 0.3) is 0 Å². The van der Waals surface area contributed by atoms with Crippen molar-refractivity contribution in [2.24, 2.45) is 11.8 Å². The molecule has 1 aliphatic heterocycles. The van der Waals surface area contributed by atoms with Gasteiger partial charge in [-0.1, -0.05) is 43.8 Å². The summed E-state index contributed by atoms with van der Waals surface area (Å²) >= 11 is 0. The Bertz CT molecular complexity index is 389. The largest absolute Gasteiger partial charge is 0.298 e. The Hall–Kier alpha value is -1.30. The summed E-state index contributed by atoms with van der Waals surface area (Å²) in [7, 11) is 0. The van der Waals surface area contributed by atoms with E-state index in [0.717, 1.165) is 19.0 Å². The number of hydrogen-bond donors (Lipinski definition) is 0. The molecule has 90 valence electrons. The van der Waals surface area contributed by atoms with Gasteiger partial charge >= 0.3 is 0 Å². The van der Waals surface area contributed by atoms with Crippen LogP contribution in [0.3, 0.4) is 0 Å². The molecular weight excluding hydrogens is 206 g/mol. The zero-order valence-electron chi connectivity index (χ0n) is 10.6. The lowest BCUT2D eigenvalue weighted by atomic mass is 9.87. The Kier molecular flexibility index (Phi) is 4.19. The van der Waals surface area contributed by atoms with E-state index in [9.17, 15) is 0 Å². The predicted octanol–water partition coefficient (Wildman–Crippen LogP) is 3.49. The summed E-state index contributed by atoms with van der Waals surface area (Å²) < 4.78 is 0. The molecule has 1 heteroatoms. The molecule has 0 N–H and O–H groups in total. The Morgan fingerprint density at radius 2 is 2.18 bits per heavy atom. The van der Waals surface area contributed by atoms with Crippen molar-refractivity contribution in [2.45, 2.75) is 19.9 Å². The van der Waals surface area contributed by atoms with E-state index in [1.54, 1.807) is 0 Å². The van der Waals surface area contributed by atoms with Gasteiger partial charge < -0.3 is 0 Å². The first-order valence-corrected chi connectivity index (χ1v) is 6.42. The zero-order valence-corrected chi connectivity index (χ0v) is 10.6. The lowest BCUT2D eigenvalue weighted by Gasteiger charge is -2.35. The van der Waals surface area contributed by atoms with Crippen LogP contribution in [0.1, 0.15) is 18.9 Å². The summed E-state index contributed by atoms with van der Waals surface area (Å²) in [5.41, 5.74) is 4.36. The molecule has 0 aliphatic carbocycles. The molecule has 1 aromatic carbocycles. The third-order valence-electron chi connectivity index (χ3n) is 3.68. The lowest BCUT2D eigenvalue weighted by Crippen LogP contribution is -2.38. The molecule has 0 saturated carbocycles. The molecule has 17 heavy (non-hydrogen) atoms. The average molecular weight is 227 g/mol. The summed E-state index contributed by atoms with van der Waals surface area (Å²) in [5.74, 6) is 1.38. The van der Waals surface area contributed by atoms with Crippen molar-refractivity contribution in [1.82, 2.24) is 4.90 Å². The second kappa shape index (κ2) is 5.86. The van der Waals surface area contributed by atoms with E-state index in [1.807, 2.05) is 0 Å². The van der Waals surface area contributed by atoms with Crippen molar-refractivity contribution in [3.63, 3.8) is 0 Å². The number of rotatable bonds is 3. The van der Waals surface area contributed by atoms with Gasteiger partial charge in [-0.2, -0.15) is 0 Å². The van der Waals surface area contributed by atoms with Crippen LogP contribution in [0.15, 0.2) is 48.7 Å². The molecule has 0 spiro atoms. The van der Waals surface area contributed by atoms with Crippen molar-refractivity contribution in [3.05, 3.63) is 54.3 Å². The van der Waals surface area contributed by atoms with Crippen molar-refractivity contribution in [3.8, 4) is 0 Å². The summed E-state index contributed by atoms with van der Waals surface area (Å²) in [5, 5.41) is 0. The average Bonchev–Trinajstić information content (AvgIpc) is 2.35. The third kappa shape index (κ3) is 3.33. The van der Waals surface area contributed by atoms with Gasteiger partial charge in [0.15, 0.2) is 0 Å². The molecule has 1 saturated heterocycles.